The van der Waals surface area contributed by atoms with Gasteiger partial charge in [-0.3, -0.25) is 4.98 Å². The molecule has 0 bridgehead atoms. The van der Waals surface area contributed by atoms with E-state index < -0.39 is 0 Å². The highest BCUT2D eigenvalue weighted by atomic mass is 16.5. The predicted octanol–water partition coefficient (Wildman–Crippen LogP) is 2.99. The summed E-state index contributed by atoms with van der Waals surface area (Å²) >= 11 is 0. The Hall–Kier alpha value is -2.49. The summed E-state index contributed by atoms with van der Waals surface area (Å²) in [5.74, 6) is 1.46. The minimum absolute atomic E-state index is 0.361. The highest BCUT2D eigenvalue weighted by Crippen LogP contribution is 2.25. The zero-order valence-electron chi connectivity index (χ0n) is 9.67. The molecule has 0 aliphatic rings. The Kier molecular flexibility index (Phi) is 2.61. The third-order valence-corrected chi connectivity index (χ3v) is 2.66. The highest BCUT2D eigenvalue weighted by molar-refractivity contribution is 5.89. The van der Waals surface area contributed by atoms with Crippen LogP contribution in [-0.2, 0) is 6.61 Å². The highest BCUT2D eigenvalue weighted by Gasteiger charge is 2.06. The van der Waals surface area contributed by atoms with Gasteiger partial charge in [0.15, 0.2) is 0 Å². The lowest BCUT2D eigenvalue weighted by atomic mass is 10.2. The maximum atomic E-state index is 5.87. The van der Waals surface area contributed by atoms with Crippen LogP contribution in [0.4, 0.5) is 5.69 Å². The van der Waals surface area contributed by atoms with E-state index in [0.29, 0.717) is 18.0 Å². The molecule has 0 unspecified atom stereocenters. The van der Waals surface area contributed by atoms with Crippen molar-refractivity contribution in [2.75, 3.05) is 5.73 Å². The molecule has 0 aliphatic carbocycles. The number of fused-ring (bicyclic) bond motifs is 1. The smallest absolute Gasteiger partial charge is 0.146 e. The van der Waals surface area contributed by atoms with Crippen LogP contribution in [0.15, 0.2) is 53.2 Å². The van der Waals surface area contributed by atoms with Crippen molar-refractivity contribution in [3.8, 4) is 5.75 Å². The minimum atomic E-state index is 0.361. The summed E-state index contributed by atoms with van der Waals surface area (Å²) in [6.07, 6.45) is 3.37. The Morgan fingerprint density at radius 2 is 2.17 bits per heavy atom. The number of furan rings is 1. The largest absolute Gasteiger partial charge is 0.484 e. The van der Waals surface area contributed by atoms with Crippen molar-refractivity contribution in [3.63, 3.8) is 0 Å². The molecule has 0 radical (unpaired) electrons. The van der Waals surface area contributed by atoms with Gasteiger partial charge in [0.2, 0.25) is 0 Å². The van der Waals surface area contributed by atoms with Crippen LogP contribution in [0.1, 0.15) is 5.76 Å². The van der Waals surface area contributed by atoms with Gasteiger partial charge in [-0.1, -0.05) is 6.07 Å². The number of ether oxygens (including phenoxy) is 1. The van der Waals surface area contributed by atoms with Crippen molar-refractivity contribution >= 4 is 16.7 Å². The Labute approximate surface area is 104 Å². The average Bonchev–Trinajstić information content (AvgIpc) is 2.82. The first-order chi connectivity index (χ1) is 8.83. The summed E-state index contributed by atoms with van der Waals surface area (Å²) in [5, 5.41) is 0.919. The van der Waals surface area contributed by atoms with Crippen molar-refractivity contribution < 1.29 is 9.15 Å². The normalized spacial score (nSPS) is 10.7. The second-order valence-electron chi connectivity index (χ2n) is 3.95. The second-order valence-corrected chi connectivity index (χ2v) is 3.95. The zero-order valence-corrected chi connectivity index (χ0v) is 9.67. The molecular formula is C14H12N2O2. The van der Waals surface area contributed by atoms with Gasteiger partial charge in [-0.05, 0) is 30.3 Å². The van der Waals surface area contributed by atoms with Gasteiger partial charge in [-0.25, -0.2) is 0 Å². The first-order valence-electron chi connectivity index (χ1n) is 5.63. The van der Waals surface area contributed by atoms with Gasteiger partial charge in [0.25, 0.3) is 0 Å². The summed E-state index contributed by atoms with van der Waals surface area (Å²) in [4.78, 5) is 3.98. The molecule has 2 aromatic heterocycles. The molecule has 0 saturated carbocycles. The Morgan fingerprint density at radius 3 is 2.94 bits per heavy atom. The van der Waals surface area contributed by atoms with E-state index in [1.165, 1.54) is 0 Å². The molecular weight excluding hydrogens is 228 g/mol. The van der Waals surface area contributed by atoms with Crippen LogP contribution in [0, 0.1) is 0 Å². The molecule has 0 spiro atoms. The van der Waals surface area contributed by atoms with E-state index in [4.69, 9.17) is 14.9 Å². The summed E-state index contributed by atoms with van der Waals surface area (Å²) in [6, 6.07) is 11.2. The molecule has 1 aromatic carbocycles. The molecule has 4 heteroatoms. The molecule has 0 amide bonds. The molecule has 2 N–H and O–H groups in total. The van der Waals surface area contributed by atoms with Gasteiger partial charge in [0.1, 0.15) is 23.7 Å². The molecule has 0 saturated heterocycles. The average molecular weight is 240 g/mol. The number of aromatic nitrogens is 1. The molecule has 4 nitrogen and oxygen atoms in total. The lowest BCUT2D eigenvalue weighted by molar-refractivity contribution is 0.273. The molecule has 0 aliphatic heterocycles. The molecule has 0 atom stereocenters. The third kappa shape index (κ3) is 2.00. The number of benzene rings is 1. The van der Waals surface area contributed by atoms with Crippen LogP contribution in [0.25, 0.3) is 11.0 Å². The van der Waals surface area contributed by atoms with E-state index in [1.807, 2.05) is 36.4 Å². The zero-order chi connectivity index (χ0) is 12.4. The summed E-state index contributed by atoms with van der Waals surface area (Å²) in [5.41, 5.74) is 7.36. The second kappa shape index (κ2) is 4.41. The maximum Gasteiger partial charge on any atom is 0.146 e. The summed E-state index contributed by atoms with van der Waals surface area (Å²) in [7, 11) is 0. The van der Waals surface area contributed by atoms with Crippen LogP contribution in [-0.4, -0.2) is 4.98 Å². The number of anilines is 1. The van der Waals surface area contributed by atoms with Crippen molar-refractivity contribution in [2.45, 2.75) is 6.61 Å². The van der Waals surface area contributed by atoms with Crippen LogP contribution in [0.2, 0.25) is 0 Å². The van der Waals surface area contributed by atoms with Crippen LogP contribution in [0.5, 0.6) is 5.75 Å². The fraction of sp³-hybridized carbons (Fsp3) is 0.0714. The Bertz CT molecular complexity index is 662. The number of nitrogen functional groups attached to an aromatic ring is 1. The van der Waals surface area contributed by atoms with Gasteiger partial charge < -0.3 is 14.9 Å². The van der Waals surface area contributed by atoms with Gasteiger partial charge in [0.05, 0.1) is 6.20 Å². The van der Waals surface area contributed by atoms with Gasteiger partial charge >= 0.3 is 0 Å². The SMILES string of the molecule is Nc1cccc2oc(COc3cccnc3)cc12. The third-order valence-electron chi connectivity index (χ3n) is 2.66. The van der Waals surface area contributed by atoms with Crippen LogP contribution in [0.3, 0.4) is 0 Å². The quantitative estimate of drug-likeness (QED) is 0.715. The van der Waals surface area contributed by atoms with E-state index in [2.05, 4.69) is 4.98 Å². The summed E-state index contributed by atoms with van der Waals surface area (Å²) < 4.78 is 11.2. The maximum absolute atomic E-state index is 5.87. The predicted molar refractivity (Wildman–Crippen MR) is 69.2 cm³/mol. The Morgan fingerprint density at radius 1 is 1.22 bits per heavy atom. The number of hydrogen-bond donors (Lipinski definition) is 1. The fourth-order valence-electron chi connectivity index (χ4n) is 1.79. The minimum Gasteiger partial charge on any atom is -0.484 e. The summed E-state index contributed by atoms with van der Waals surface area (Å²) in [6.45, 7) is 0.361. The van der Waals surface area contributed by atoms with Crippen molar-refractivity contribution in [1.29, 1.82) is 0 Å². The molecule has 90 valence electrons. The van der Waals surface area contributed by atoms with E-state index in [-0.39, 0.29) is 0 Å². The first-order valence-corrected chi connectivity index (χ1v) is 5.63. The molecule has 3 rings (SSSR count). The van der Waals surface area contributed by atoms with E-state index in [0.717, 1.165) is 16.7 Å². The van der Waals surface area contributed by atoms with Gasteiger partial charge in [-0.15, -0.1) is 0 Å². The van der Waals surface area contributed by atoms with Crippen LogP contribution >= 0.6 is 0 Å². The fourth-order valence-corrected chi connectivity index (χ4v) is 1.79. The number of nitrogens with two attached hydrogens (primary N) is 1. The van der Waals surface area contributed by atoms with Crippen LogP contribution < -0.4 is 10.5 Å². The number of pyridine rings is 1. The van der Waals surface area contributed by atoms with E-state index in [1.54, 1.807) is 12.4 Å². The lowest BCUT2D eigenvalue weighted by Crippen LogP contribution is -1.93. The monoisotopic (exact) mass is 240 g/mol. The molecule has 18 heavy (non-hydrogen) atoms. The molecule has 0 fully saturated rings. The Balaban J connectivity index is 1.81. The van der Waals surface area contributed by atoms with E-state index in [9.17, 15) is 0 Å². The van der Waals surface area contributed by atoms with Gasteiger partial charge in [0, 0.05) is 17.3 Å². The standard InChI is InChI=1S/C14H12N2O2/c15-13-4-1-5-14-12(13)7-11(18-14)9-17-10-3-2-6-16-8-10/h1-8H,9,15H2. The van der Waals surface area contributed by atoms with Crippen molar-refractivity contribution in [3.05, 3.63) is 54.6 Å². The number of hydrogen-bond acceptors (Lipinski definition) is 4. The van der Waals surface area contributed by atoms with E-state index >= 15 is 0 Å². The molecule has 2 heterocycles. The van der Waals surface area contributed by atoms with Crippen molar-refractivity contribution in [1.82, 2.24) is 4.98 Å². The number of rotatable bonds is 3. The first kappa shape index (κ1) is 10.7. The number of nitrogens with zero attached hydrogens (tertiary/aromatic N) is 1. The lowest BCUT2D eigenvalue weighted by Gasteiger charge is -2.01. The topological polar surface area (TPSA) is 61.3 Å². The van der Waals surface area contributed by atoms with Crippen molar-refractivity contribution in [2.24, 2.45) is 0 Å². The molecule has 3 aromatic rings. The van der Waals surface area contributed by atoms with Gasteiger partial charge in [-0.2, -0.15) is 0 Å².